The maximum atomic E-state index is 12.5. The van der Waals surface area contributed by atoms with Gasteiger partial charge in [0.15, 0.2) is 0 Å². The molecule has 0 aliphatic carbocycles. The van der Waals surface area contributed by atoms with Crippen molar-refractivity contribution in [2.75, 3.05) is 26.2 Å². The van der Waals surface area contributed by atoms with Gasteiger partial charge in [0.25, 0.3) is 5.91 Å². The van der Waals surface area contributed by atoms with Crippen LogP contribution < -0.4 is 10.1 Å². The third-order valence-corrected chi connectivity index (χ3v) is 4.11. The van der Waals surface area contributed by atoms with Crippen molar-refractivity contribution < 1.29 is 19.1 Å². The lowest BCUT2D eigenvalue weighted by molar-refractivity contribution is -0.126. The van der Waals surface area contributed by atoms with Crippen LogP contribution in [0.3, 0.4) is 0 Å². The molecule has 1 N–H and O–H groups in total. The van der Waals surface area contributed by atoms with Gasteiger partial charge >= 0.3 is 6.03 Å². The SMILES string of the molecule is CCOc1ccc(C(=O)N2CCC(N3C(=O)CNC3=O)C2)cc1. The van der Waals surface area contributed by atoms with Crippen molar-refractivity contribution in [2.45, 2.75) is 19.4 Å². The fraction of sp³-hybridized carbons (Fsp3) is 0.438. The van der Waals surface area contributed by atoms with E-state index in [-0.39, 0.29) is 30.4 Å². The number of nitrogens with zero attached hydrogens (tertiary/aromatic N) is 2. The fourth-order valence-corrected chi connectivity index (χ4v) is 2.98. The minimum Gasteiger partial charge on any atom is -0.494 e. The largest absolute Gasteiger partial charge is 0.494 e. The van der Waals surface area contributed by atoms with Crippen molar-refractivity contribution in [3.05, 3.63) is 29.8 Å². The number of hydrogen-bond acceptors (Lipinski definition) is 4. The summed E-state index contributed by atoms with van der Waals surface area (Å²) in [4.78, 5) is 38.9. The Balaban J connectivity index is 1.65. The zero-order valence-corrected chi connectivity index (χ0v) is 12.9. The third kappa shape index (κ3) is 2.99. The summed E-state index contributed by atoms with van der Waals surface area (Å²) in [5.74, 6) is 0.403. The van der Waals surface area contributed by atoms with E-state index in [2.05, 4.69) is 5.32 Å². The molecule has 1 atom stereocenters. The lowest BCUT2D eigenvalue weighted by Crippen LogP contribution is -2.42. The molecule has 0 aromatic heterocycles. The van der Waals surface area contributed by atoms with Crippen LogP contribution in [-0.4, -0.2) is 59.9 Å². The van der Waals surface area contributed by atoms with Crippen LogP contribution in [0.15, 0.2) is 24.3 Å². The van der Waals surface area contributed by atoms with E-state index in [1.54, 1.807) is 29.2 Å². The molecule has 2 aliphatic rings. The first-order valence-corrected chi connectivity index (χ1v) is 7.72. The molecule has 1 aromatic rings. The van der Waals surface area contributed by atoms with Crippen molar-refractivity contribution in [1.82, 2.24) is 15.1 Å². The smallest absolute Gasteiger partial charge is 0.324 e. The summed E-state index contributed by atoms with van der Waals surface area (Å²) >= 11 is 0. The maximum Gasteiger partial charge on any atom is 0.324 e. The molecule has 0 radical (unpaired) electrons. The van der Waals surface area contributed by atoms with E-state index < -0.39 is 0 Å². The van der Waals surface area contributed by atoms with Gasteiger partial charge in [-0.3, -0.25) is 14.5 Å². The molecule has 1 unspecified atom stereocenters. The van der Waals surface area contributed by atoms with Gasteiger partial charge < -0.3 is 15.0 Å². The normalized spacial score (nSPS) is 20.8. The van der Waals surface area contributed by atoms with Gasteiger partial charge in [-0.2, -0.15) is 0 Å². The highest BCUT2D eigenvalue weighted by molar-refractivity contribution is 6.02. The summed E-state index contributed by atoms with van der Waals surface area (Å²) in [6.45, 7) is 3.44. The summed E-state index contributed by atoms with van der Waals surface area (Å²) < 4.78 is 5.36. The average Bonchev–Trinajstić information content (AvgIpc) is 3.14. The molecule has 7 nitrogen and oxygen atoms in total. The van der Waals surface area contributed by atoms with E-state index in [4.69, 9.17) is 4.74 Å². The van der Waals surface area contributed by atoms with Crippen molar-refractivity contribution in [3.63, 3.8) is 0 Å². The van der Waals surface area contributed by atoms with Crippen LogP contribution in [0.25, 0.3) is 0 Å². The van der Waals surface area contributed by atoms with Crippen molar-refractivity contribution in [3.8, 4) is 5.75 Å². The summed E-state index contributed by atoms with van der Waals surface area (Å²) in [7, 11) is 0. The predicted molar refractivity (Wildman–Crippen MR) is 82.2 cm³/mol. The second-order valence-electron chi connectivity index (χ2n) is 5.57. The number of imide groups is 1. The van der Waals surface area contributed by atoms with Crippen LogP contribution in [0.2, 0.25) is 0 Å². The number of hydrogen-bond donors (Lipinski definition) is 1. The van der Waals surface area contributed by atoms with Gasteiger partial charge in [-0.05, 0) is 37.6 Å². The first-order chi connectivity index (χ1) is 11.1. The van der Waals surface area contributed by atoms with Gasteiger partial charge in [-0.1, -0.05) is 0 Å². The molecule has 0 saturated carbocycles. The Morgan fingerprint density at radius 2 is 2.04 bits per heavy atom. The van der Waals surface area contributed by atoms with Crippen molar-refractivity contribution in [2.24, 2.45) is 0 Å². The molecule has 0 bridgehead atoms. The Bertz CT molecular complexity index is 613. The number of urea groups is 1. The minimum atomic E-state index is -0.365. The number of carbonyl (C=O) groups is 3. The quantitative estimate of drug-likeness (QED) is 0.835. The van der Waals surface area contributed by atoms with Crippen molar-refractivity contribution >= 4 is 17.8 Å². The van der Waals surface area contributed by atoms with E-state index in [9.17, 15) is 14.4 Å². The van der Waals surface area contributed by atoms with Crippen LogP contribution in [0, 0.1) is 0 Å². The zero-order valence-electron chi connectivity index (χ0n) is 12.9. The molecule has 122 valence electrons. The zero-order chi connectivity index (χ0) is 16.4. The maximum absolute atomic E-state index is 12.5. The number of likely N-dealkylation sites (tertiary alicyclic amines) is 1. The van der Waals surface area contributed by atoms with Crippen LogP contribution in [0.5, 0.6) is 5.75 Å². The first kappa shape index (κ1) is 15.3. The molecular weight excluding hydrogens is 298 g/mol. The summed E-state index contributed by atoms with van der Waals surface area (Å²) in [5.41, 5.74) is 0.575. The van der Waals surface area contributed by atoms with Gasteiger partial charge in [0.05, 0.1) is 19.2 Å². The Hall–Kier alpha value is -2.57. The number of carbonyl (C=O) groups excluding carboxylic acids is 3. The number of nitrogens with one attached hydrogen (secondary N) is 1. The molecule has 7 heteroatoms. The monoisotopic (exact) mass is 317 g/mol. The summed E-state index contributed by atoms with van der Waals surface area (Å²) in [6.07, 6.45) is 0.613. The molecule has 0 spiro atoms. The van der Waals surface area contributed by atoms with Gasteiger partial charge in [0.1, 0.15) is 5.75 Å². The Labute approximate surface area is 134 Å². The van der Waals surface area contributed by atoms with E-state index in [1.165, 1.54) is 4.90 Å². The Morgan fingerprint density at radius 3 is 2.65 bits per heavy atom. The molecule has 2 heterocycles. The summed E-state index contributed by atoms with van der Waals surface area (Å²) in [6, 6.07) is 6.39. The topological polar surface area (TPSA) is 79.0 Å². The molecule has 23 heavy (non-hydrogen) atoms. The molecule has 3 rings (SSSR count). The number of benzene rings is 1. The standard InChI is InChI=1S/C16H19N3O4/c1-2-23-13-5-3-11(4-6-13)15(21)18-8-7-12(10-18)19-14(20)9-17-16(19)22/h3-6,12H,2,7-10H2,1H3,(H,17,22). The highest BCUT2D eigenvalue weighted by Crippen LogP contribution is 2.21. The number of ether oxygens (including phenoxy) is 1. The van der Waals surface area contributed by atoms with Gasteiger partial charge in [-0.25, -0.2) is 4.79 Å². The van der Waals surface area contributed by atoms with Crippen molar-refractivity contribution in [1.29, 1.82) is 0 Å². The van der Waals surface area contributed by atoms with E-state index in [1.807, 2.05) is 6.92 Å². The predicted octanol–water partition coefficient (Wildman–Crippen LogP) is 0.852. The van der Waals surface area contributed by atoms with Gasteiger partial charge in [-0.15, -0.1) is 0 Å². The molecule has 1 aromatic carbocycles. The minimum absolute atomic E-state index is 0.0438. The Kier molecular flexibility index (Phi) is 4.18. The first-order valence-electron chi connectivity index (χ1n) is 7.72. The third-order valence-electron chi connectivity index (χ3n) is 4.11. The Morgan fingerprint density at radius 1 is 1.30 bits per heavy atom. The van der Waals surface area contributed by atoms with E-state index >= 15 is 0 Å². The lowest BCUT2D eigenvalue weighted by Gasteiger charge is -2.21. The van der Waals surface area contributed by atoms with Gasteiger partial charge in [0, 0.05) is 18.7 Å². The highest BCUT2D eigenvalue weighted by Gasteiger charge is 2.39. The lowest BCUT2D eigenvalue weighted by atomic mass is 10.2. The molecule has 2 saturated heterocycles. The molecule has 4 amide bonds. The van der Waals surface area contributed by atoms with E-state index in [0.29, 0.717) is 31.7 Å². The summed E-state index contributed by atoms with van der Waals surface area (Å²) in [5, 5.41) is 2.51. The number of amides is 4. The second-order valence-corrected chi connectivity index (χ2v) is 5.57. The highest BCUT2D eigenvalue weighted by atomic mass is 16.5. The van der Waals surface area contributed by atoms with Crippen LogP contribution in [-0.2, 0) is 4.79 Å². The molecule has 2 aliphatic heterocycles. The molecular formula is C16H19N3O4. The average molecular weight is 317 g/mol. The van der Waals surface area contributed by atoms with Crippen LogP contribution >= 0.6 is 0 Å². The fourth-order valence-electron chi connectivity index (χ4n) is 2.98. The van der Waals surface area contributed by atoms with E-state index in [0.717, 1.165) is 5.75 Å². The number of rotatable bonds is 4. The van der Waals surface area contributed by atoms with Gasteiger partial charge in [0.2, 0.25) is 5.91 Å². The van der Waals surface area contributed by atoms with Crippen LogP contribution in [0.1, 0.15) is 23.7 Å². The second kappa shape index (κ2) is 6.28. The molecule has 2 fully saturated rings. The van der Waals surface area contributed by atoms with Crippen LogP contribution in [0.4, 0.5) is 4.79 Å².